The topological polar surface area (TPSA) is 55.8 Å². The summed E-state index contributed by atoms with van der Waals surface area (Å²) in [5, 5.41) is 8.79. The molecule has 0 spiro atoms. The lowest BCUT2D eigenvalue weighted by molar-refractivity contribution is 0.0696. The Hall–Kier alpha value is -1.71. The van der Waals surface area contributed by atoms with Gasteiger partial charge in [-0.05, 0) is 19.1 Å². The number of aromatic carboxylic acids is 1. The summed E-state index contributed by atoms with van der Waals surface area (Å²) in [5.74, 6) is -0.0116. The molecule has 0 amide bonds. The molecule has 76 valence electrons. The van der Waals surface area contributed by atoms with Gasteiger partial charge in [-0.2, -0.15) is 0 Å². The molecule has 0 aromatic heterocycles. The van der Waals surface area contributed by atoms with E-state index in [1.807, 2.05) is 6.92 Å². The van der Waals surface area contributed by atoms with E-state index in [1.165, 1.54) is 19.2 Å². The van der Waals surface area contributed by atoms with E-state index in [1.54, 1.807) is 6.07 Å². The molecule has 0 heterocycles. The molecular weight excluding hydrogens is 184 g/mol. The highest BCUT2D eigenvalue weighted by atomic mass is 16.5. The van der Waals surface area contributed by atoms with Crippen molar-refractivity contribution in [1.29, 1.82) is 0 Å². The Labute approximate surface area is 82.1 Å². The van der Waals surface area contributed by atoms with Crippen LogP contribution in [0.4, 0.5) is 0 Å². The van der Waals surface area contributed by atoms with Crippen molar-refractivity contribution in [3.63, 3.8) is 0 Å². The lowest BCUT2D eigenvalue weighted by Gasteiger charge is -2.07. The maximum Gasteiger partial charge on any atom is 0.335 e. The van der Waals surface area contributed by atoms with E-state index in [-0.39, 0.29) is 5.56 Å². The first-order chi connectivity index (χ1) is 6.67. The molecule has 14 heavy (non-hydrogen) atoms. The maximum atomic E-state index is 10.7. The van der Waals surface area contributed by atoms with E-state index in [0.29, 0.717) is 18.1 Å². The lowest BCUT2D eigenvalue weighted by Crippen LogP contribution is -1.99. The Morgan fingerprint density at radius 2 is 2.00 bits per heavy atom. The number of benzene rings is 1. The molecule has 0 unspecified atom stereocenters. The monoisotopic (exact) mass is 196 g/mol. The minimum atomic E-state index is -0.996. The van der Waals surface area contributed by atoms with E-state index in [2.05, 4.69) is 0 Å². The number of ether oxygens (including phenoxy) is 2. The first kappa shape index (κ1) is 10.4. The smallest absolute Gasteiger partial charge is 0.335 e. The van der Waals surface area contributed by atoms with Gasteiger partial charge in [0.2, 0.25) is 0 Å². The van der Waals surface area contributed by atoms with Crippen LogP contribution in [0.25, 0.3) is 0 Å². The van der Waals surface area contributed by atoms with Crippen LogP contribution in [0.2, 0.25) is 0 Å². The van der Waals surface area contributed by atoms with Gasteiger partial charge in [-0.25, -0.2) is 4.79 Å². The minimum Gasteiger partial charge on any atom is -0.497 e. The molecule has 0 aliphatic heterocycles. The maximum absolute atomic E-state index is 10.7. The average Bonchev–Trinajstić information content (AvgIpc) is 2.17. The summed E-state index contributed by atoms with van der Waals surface area (Å²) in [6, 6.07) is 4.56. The number of carboxylic acids is 1. The highest BCUT2D eigenvalue weighted by Crippen LogP contribution is 2.22. The molecule has 1 aromatic carbocycles. The van der Waals surface area contributed by atoms with Crippen LogP contribution in [-0.4, -0.2) is 24.8 Å². The summed E-state index contributed by atoms with van der Waals surface area (Å²) in [4.78, 5) is 10.7. The van der Waals surface area contributed by atoms with Crippen molar-refractivity contribution in [3.8, 4) is 11.5 Å². The molecule has 4 heteroatoms. The molecular formula is C10H12O4. The van der Waals surface area contributed by atoms with Gasteiger partial charge in [-0.1, -0.05) is 0 Å². The van der Waals surface area contributed by atoms with Gasteiger partial charge in [-0.3, -0.25) is 0 Å². The summed E-state index contributed by atoms with van der Waals surface area (Å²) in [6.45, 7) is 2.33. The first-order valence-corrected chi connectivity index (χ1v) is 4.22. The predicted octanol–water partition coefficient (Wildman–Crippen LogP) is 1.79. The molecule has 0 aliphatic carbocycles. The minimum absolute atomic E-state index is 0.160. The van der Waals surface area contributed by atoms with Crippen LogP contribution >= 0.6 is 0 Å². The van der Waals surface area contributed by atoms with E-state index in [4.69, 9.17) is 14.6 Å². The fourth-order valence-electron chi connectivity index (χ4n) is 1.06. The van der Waals surface area contributed by atoms with Crippen molar-refractivity contribution in [1.82, 2.24) is 0 Å². The van der Waals surface area contributed by atoms with Gasteiger partial charge in [0.05, 0.1) is 19.3 Å². The number of carbonyl (C=O) groups is 1. The number of hydrogen-bond donors (Lipinski definition) is 1. The van der Waals surface area contributed by atoms with Crippen LogP contribution in [0.1, 0.15) is 17.3 Å². The van der Waals surface area contributed by atoms with Crippen LogP contribution < -0.4 is 9.47 Å². The fourth-order valence-corrected chi connectivity index (χ4v) is 1.06. The van der Waals surface area contributed by atoms with E-state index < -0.39 is 5.97 Å². The Kier molecular flexibility index (Phi) is 3.34. The number of rotatable bonds is 4. The van der Waals surface area contributed by atoms with Crippen LogP contribution in [0.3, 0.4) is 0 Å². The normalized spacial score (nSPS) is 9.57. The third-order valence-electron chi connectivity index (χ3n) is 1.67. The third kappa shape index (κ3) is 2.39. The molecule has 1 N–H and O–H groups in total. The molecule has 0 fully saturated rings. The Morgan fingerprint density at radius 3 is 2.50 bits per heavy atom. The molecule has 0 saturated carbocycles. The van der Waals surface area contributed by atoms with E-state index in [0.717, 1.165) is 0 Å². The SMILES string of the molecule is CCOc1cc(OC)cc(C(=O)O)c1. The number of carboxylic acid groups (broad SMARTS) is 1. The third-order valence-corrected chi connectivity index (χ3v) is 1.67. The van der Waals surface area contributed by atoms with Gasteiger partial charge < -0.3 is 14.6 Å². The Morgan fingerprint density at radius 1 is 1.36 bits per heavy atom. The quantitative estimate of drug-likeness (QED) is 0.797. The highest BCUT2D eigenvalue weighted by molar-refractivity contribution is 5.88. The van der Waals surface area contributed by atoms with Gasteiger partial charge in [-0.15, -0.1) is 0 Å². The van der Waals surface area contributed by atoms with Crippen molar-refractivity contribution >= 4 is 5.97 Å². The summed E-state index contributed by atoms with van der Waals surface area (Å²) >= 11 is 0. The second-order valence-corrected chi connectivity index (χ2v) is 2.64. The van der Waals surface area contributed by atoms with Gasteiger partial charge in [0.1, 0.15) is 11.5 Å². The molecule has 1 aromatic rings. The van der Waals surface area contributed by atoms with Crippen LogP contribution in [0.15, 0.2) is 18.2 Å². The molecule has 0 radical (unpaired) electrons. The molecule has 0 bridgehead atoms. The zero-order chi connectivity index (χ0) is 10.6. The van der Waals surface area contributed by atoms with Crippen molar-refractivity contribution in [2.45, 2.75) is 6.92 Å². The Balaban J connectivity index is 3.06. The second-order valence-electron chi connectivity index (χ2n) is 2.64. The van der Waals surface area contributed by atoms with Crippen LogP contribution in [0.5, 0.6) is 11.5 Å². The lowest BCUT2D eigenvalue weighted by atomic mass is 10.2. The molecule has 4 nitrogen and oxygen atoms in total. The van der Waals surface area contributed by atoms with E-state index in [9.17, 15) is 4.79 Å². The summed E-state index contributed by atoms with van der Waals surface area (Å²) in [7, 11) is 1.48. The summed E-state index contributed by atoms with van der Waals surface area (Å²) in [6.07, 6.45) is 0. The fraction of sp³-hybridized carbons (Fsp3) is 0.300. The van der Waals surface area contributed by atoms with Crippen LogP contribution in [-0.2, 0) is 0 Å². The molecule has 0 atom stereocenters. The largest absolute Gasteiger partial charge is 0.497 e. The summed E-state index contributed by atoms with van der Waals surface area (Å²) in [5.41, 5.74) is 0.160. The molecule has 0 saturated heterocycles. The van der Waals surface area contributed by atoms with Crippen molar-refractivity contribution in [3.05, 3.63) is 23.8 Å². The zero-order valence-electron chi connectivity index (χ0n) is 8.11. The number of hydrogen-bond acceptors (Lipinski definition) is 3. The molecule has 0 aliphatic rings. The van der Waals surface area contributed by atoms with Crippen molar-refractivity contribution in [2.24, 2.45) is 0 Å². The van der Waals surface area contributed by atoms with Gasteiger partial charge in [0, 0.05) is 6.07 Å². The second kappa shape index (κ2) is 4.50. The van der Waals surface area contributed by atoms with E-state index >= 15 is 0 Å². The number of methoxy groups -OCH3 is 1. The van der Waals surface area contributed by atoms with Gasteiger partial charge >= 0.3 is 5.97 Å². The first-order valence-electron chi connectivity index (χ1n) is 4.22. The average molecular weight is 196 g/mol. The predicted molar refractivity (Wildman–Crippen MR) is 51.1 cm³/mol. The standard InChI is InChI=1S/C10H12O4/c1-3-14-9-5-7(10(11)12)4-8(6-9)13-2/h4-6H,3H2,1-2H3,(H,11,12). The molecule has 1 rings (SSSR count). The van der Waals surface area contributed by atoms with Crippen molar-refractivity contribution < 1.29 is 19.4 Å². The summed E-state index contributed by atoms with van der Waals surface area (Å²) < 4.78 is 10.1. The van der Waals surface area contributed by atoms with Crippen molar-refractivity contribution in [2.75, 3.05) is 13.7 Å². The highest BCUT2D eigenvalue weighted by Gasteiger charge is 2.07. The zero-order valence-corrected chi connectivity index (χ0v) is 8.11. The van der Waals surface area contributed by atoms with Gasteiger partial charge in [0.25, 0.3) is 0 Å². The van der Waals surface area contributed by atoms with Gasteiger partial charge in [0.15, 0.2) is 0 Å². The van der Waals surface area contributed by atoms with Crippen LogP contribution in [0, 0.1) is 0 Å². The Bertz CT molecular complexity index is 333.